The fraction of sp³-hybridized carbons (Fsp3) is 0.600. The van der Waals surface area contributed by atoms with Crippen LogP contribution in [0.25, 0.3) is 0 Å². The van der Waals surface area contributed by atoms with Gasteiger partial charge in [0.2, 0.25) is 0 Å². The molecule has 5 nitrogen and oxygen atoms in total. The Kier molecular flexibility index (Phi) is 7.45. The molecule has 126 valence electrons. The Morgan fingerprint density at radius 3 is 2.55 bits per heavy atom. The van der Waals surface area contributed by atoms with Crippen LogP contribution in [0.3, 0.4) is 0 Å². The Bertz CT molecular complexity index is 494. The van der Waals surface area contributed by atoms with Crippen molar-refractivity contribution in [1.82, 2.24) is 4.72 Å². The van der Waals surface area contributed by atoms with Gasteiger partial charge in [-0.3, -0.25) is 0 Å². The highest BCUT2D eigenvalue weighted by molar-refractivity contribution is 7.90. The number of benzene rings is 1. The van der Waals surface area contributed by atoms with Crippen molar-refractivity contribution in [3.63, 3.8) is 0 Å². The molecule has 0 spiro atoms. The van der Waals surface area contributed by atoms with Crippen molar-refractivity contribution in [2.24, 2.45) is 5.73 Å². The fourth-order valence-electron chi connectivity index (χ4n) is 1.73. The number of aryl methyl sites for hydroxylation is 1. The highest BCUT2D eigenvalue weighted by Crippen LogP contribution is 2.32. The van der Waals surface area contributed by atoms with E-state index in [1.54, 1.807) is 13.2 Å². The third-order valence-corrected chi connectivity index (χ3v) is 5.06. The van der Waals surface area contributed by atoms with Crippen LogP contribution in [-0.2, 0) is 16.1 Å². The van der Waals surface area contributed by atoms with E-state index in [4.69, 9.17) is 26.8 Å². The van der Waals surface area contributed by atoms with E-state index in [-0.39, 0.29) is 19.4 Å². The summed E-state index contributed by atoms with van der Waals surface area (Å²) in [6, 6.07) is 3.30. The first-order chi connectivity index (χ1) is 10.2. The number of halogens is 1. The molecule has 0 fully saturated rings. The second-order valence-electron chi connectivity index (χ2n) is 5.98. The van der Waals surface area contributed by atoms with Gasteiger partial charge in [-0.25, -0.2) is 0 Å². The summed E-state index contributed by atoms with van der Waals surface area (Å²) in [5, 5.41) is 0.613. The van der Waals surface area contributed by atoms with Crippen LogP contribution in [0, 0.1) is 6.92 Å². The number of nitrogens with one attached hydrogen (secondary N) is 1. The molecule has 0 aromatic heterocycles. The Balaban J connectivity index is 3.11. The SMILES string of the molecule is COCOc1cc(C)c(Cl)cc1C(CN)N[S+]([O-])C(C)(C)C. The molecule has 1 aromatic rings. The lowest BCUT2D eigenvalue weighted by Gasteiger charge is -2.28. The van der Waals surface area contributed by atoms with Crippen LogP contribution in [0.1, 0.15) is 37.9 Å². The number of hydrogen-bond acceptors (Lipinski definition) is 5. The predicted octanol–water partition coefficient (Wildman–Crippen LogP) is 2.68. The number of nitrogens with two attached hydrogens (primary N) is 1. The van der Waals surface area contributed by atoms with Crippen LogP contribution in [0.15, 0.2) is 12.1 Å². The Labute approximate surface area is 140 Å². The number of rotatable bonds is 7. The van der Waals surface area contributed by atoms with E-state index in [1.165, 1.54) is 0 Å². The van der Waals surface area contributed by atoms with Crippen LogP contribution in [0.4, 0.5) is 0 Å². The predicted molar refractivity (Wildman–Crippen MR) is 91.5 cm³/mol. The van der Waals surface area contributed by atoms with E-state index in [0.717, 1.165) is 11.1 Å². The van der Waals surface area contributed by atoms with Crippen molar-refractivity contribution in [2.75, 3.05) is 20.4 Å². The molecular weight excluding hydrogens is 324 g/mol. The van der Waals surface area contributed by atoms with Crippen molar-refractivity contribution >= 4 is 23.0 Å². The molecule has 0 aliphatic heterocycles. The average Bonchev–Trinajstić information content (AvgIpc) is 2.44. The van der Waals surface area contributed by atoms with E-state index < -0.39 is 16.1 Å². The molecule has 2 unspecified atom stereocenters. The average molecular weight is 349 g/mol. The lowest BCUT2D eigenvalue weighted by Crippen LogP contribution is -2.43. The third kappa shape index (κ3) is 5.30. The van der Waals surface area contributed by atoms with Crippen LogP contribution in [0.2, 0.25) is 5.02 Å². The zero-order chi connectivity index (χ0) is 16.9. The first-order valence-corrected chi connectivity index (χ1v) is 8.53. The molecule has 3 N–H and O–H groups in total. The summed E-state index contributed by atoms with van der Waals surface area (Å²) >= 11 is 4.96. The molecule has 1 rings (SSSR count). The molecule has 0 aliphatic rings. The maximum Gasteiger partial charge on any atom is 0.188 e. The van der Waals surface area contributed by atoms with Gasteiger partial charge < -0.3 is 19.8 Å². The minimum Gasteiger partial charge on any atom is -0.598 e. The zero-order valence-electron chi connectivity index (χ0n) is 13.7. The Hall–Kier alpha value is -0.500. The van der Waals surface area contributed by atoms with Crippen molar-refractivity contribution in [3.8, 4) is 5.75 Å². The molecule has 0 heterocycles. The standard InChI is InChI=1S/C15H25ClN2O3S/c1-10-6-14(21-9-20-5)11(7-12(10)16)13(8-17)18-22(19)15(2,3)4/h6-7,13,18H,8-9,17H2,1-5H3. The van der Waals surface area contributed by atoms with E-state index in [2.05, 4.69) is 4.72 Å². The summed E-state index contributed by atoms with van der Waals surface area (Å²) < 4.78 is 25.5. The summed E-state index contributed by atoms with van der Waals surface area (Å²) in [4.78, 5) is 0. The van der Waals surface area contributed by atoms with E-state index >= 15 is 0 Å². The van der Waals surface area contributed by atoms with Crippen molar-refractivity contribution < 1.29 is 14.0 Å². The van der Waals surface area contributed by atoms with Crippen molar-refractivity contribution in [1.29, 1.82) is 0 Å². The monoisotopic (exact) mass is 348 g/mol. The van der Waals surface area contributed by atoms with Gasteiger partial charge >= 0.3 is 0 Å². The number of hydrogen-bond donors (Lipinski definition) is 2. The van der Waals surface area contributed by atoms with Gasteiger partial charge in [0.25, 0.3) is 0 Å². The highest BCUT2D eigenvalue weighted by atomic mass is 35.5. The maximum absolute atomic E-state index is 12.3. The molecular formula is C15H25ClN2O3S. The largest absolute Gasteiger partial charge is 0.598 e. The molecule has 0 amide bonds. The van der Waals surface area contributed by atoms with Gasteiger partial charge in [0.1, 0.15) is 10.5 Å². The molecule has 7 heteroatoms. The van der Waals surface area contributed by atoms with Gasteiger partial charge in [-0.2, -0.15) is 0 Å². The minimum absolute atomic E-state index is 0.119. The highest BCUT2D eigenvalue weighted by Gasteiger charge is 2.30. The summed E-state index contributed by atoms with van der Waals surface area (Å²) in [5.41, 5.74) is 7.52. The van der Waals surface area contributed by atoms with Crippen molar-refractivity contribution in [2.45, 2.75) is 38.5 Å². The Morgan fingerprint density at radius 1 is 1.41 bits per heavy atom. The molecule has 0 saturated heterocycles. The van der Waals surface area contributed by atoms with Gasteiger partial charge in [-0.1, -0.05) is 11.6 Å². The molecule has 0 saturated carbocycles. The lowest BCUT2D eigenvalue weighted by atomic mass is 10.0. The summed E-state index contributed by atoms with van der Waals surface area (Å²) in [6.07, 6.45) is 0. The van der Waals surface area contributed by atoms with Gasteiger partial charge in [0.15, 0.2) is 6.79 Å². The molecule has 0 aliphatic carbocycles. The van der Waals surface area contributed by atoms with Crippen LogP contribution in [-0.4, -0.2) is 29.7 Å². The van der Waals surface area contributed by atoms with E-state index in [9.17, 15) is 4.55 Å². The molecule has 22 heavy (non-hydrogen) atoms. The Morgan fingerprint density at radius 2 is 2.05 bits per heavy atom. The topological polar surface area (TPSA) is 79.6 Å². The summed E-state index contributed by atoms with van der Waals surface area (Å²) in [5.74, 6) is 0.623. The van der Waals surface area contributed by atoms with Crippen LogP contribution in [0.5, 0.6) is 5.75 Å². The molecule has 0 radical (unpaired) electrons. The van der Waals surface area contributed by atoms with Gasteiger partial charge in [0, 0.05) is 35.6 Å². The molecule has 2 atom stereocenters. The van der Waals surface area contributed by atoms with Gasteiger partial charge in [-0.15, -0.1) is 4.72 Å². The summed E-state index contributed by atoms with van der Waals surface area (Å²) in [7, 11) is 1.55. The number of ether oxygens (including phenoxy) is 2. The van der Waals surface area contributed by atoms with Gasteiger partial charge in [0.05, 0.1) is 6.04 Å². The van der Waals surface area contributed by atoms with Crippen molar-refractivity contribution in [3.05, 3.63) is 28.3 Å². The van der Waals surface area contributed by atoms with Crippen LogP contribution < -0.4 is 15.2 Å². The smallest absolute Gasteiger partial charge is 0.188 e. The van der Waals surface area contributed by atoms with E-state index in [1.807, 2.05) is 33.8 Å². The normalized spacial score (nSPS) is 14.7. The first kappa shape index (κ1) is 19.5. The molecule has 1 aromatic carbocycles. The quantitative estimate of drug-likeness (QED) is 0.585. The fourth-order valence-corrected chi connectivity index (χ4v) is 2.74. The van der Waals surface area contributed by atoms with Gasteiger partial charge in [-0.05, 0) is 45.4 Å². The minimum atomic E-state index is -1.25. The maximum atomic E-state index is 12.3. The number of methoxy groups -OCH3 is 1. The second kappa shape index (κ2) is 8.38. The van der Waals surface area contributed by atoms with Crippen LogP contribution >= 0.6 is 11.6 Å². The first-order valence-electron chi connectivity index (χ1n) is 7.00. The zero-order valence-corrected chi connectivity index (χ0v) is 15.3. The van der Waals surface area contributed by atoms with E-state index in [0.29, 0.717) is 10.8 Å². The third-order valence-electron chi connectivity index (χ3n) is 3.04. The molecule has 0 bridgehead atoms. The lowest BCUT2D eigenvalue weighted by molar-refractivity contribution is 0.0501. The summed E-state index contributed by atoms with van der Waals surface area (Å²) in [6.45, 7) is 7.97. The second-order valence-corrected chi connectivity index (χ2v) is 8.38.